The highest BCUT2D eigenvalue weighted by Crippen LogP contribution is 2.32. The maximum atomic E-state index is 12.4. The van der Waals surface area contributed by atoms with E-state index in [2.05, 4.69) is 20.5 Å². The highest BCUT2D eigenvalue weighted by molar-refractivity contribution is 7.15. The summed E-state index contributed by atoms with van der Waals surface area (Å²) in [5, 5.41) is 6.60. The lowest BCUT2D eigenvalue weighted by Crippen LogP contribution is -2.36. The Morgan fingerprint density at radius 3 is 2.85 bits per heavy atom. The van der Waals surface area contributed by atoms with Crippen LogP contribution in [0, 0.1) is 12.8 Å². The Bertz CT molecular complexity index is 844. The number of fused-ring (bicyclic) bond motifs is 1. The fourth-order valence-corrected chi connectivity index (χ4v) is 4.15. The SMILES string of the molecule is Cc1ccccc1NC(=O)CN1CCc2nc(NC(=O)C3CC3)sc2C1. The van der Waals surface area contributed by atoms with Crippen LogP contribution in [0.2, 0.25) is 0 Å². The van der Waals surface area contributed by atoms with Gasteiger partial charge in [-0.25, -0.2) is 4.98 Å². The Balaban J connectivity index is 1.34. The van der Waals surface area contributed by atoms with Gasteiger partial charge in [-0.15, -0.1) is 11.3 Å². The third kappa shape index (κ3) is 3.94. The van der Waals surface area contributed by atoms with E-state index in [0.29, 0.717) is 18.2 Å². The molecule has 6 nitrogen and oxygen atoms in total. The first kappa shape index (κ1) is 17.2. The molecule has 2 N–H and O–H groups in total. The molecule has 2 amide bonds. The second-order valence-electron chi connectivity index (χ2n) is 6.98. The number of aromatic nitrogens is 1. The van der Waals surface area contributed by atoms with Crippen LogP contribution in [-0.4, -0.2) is 34.8 Å². The van der Waals surface area contributed by atoms with E-state index in [-0.39, 0.29) is 17.7 Å². The zero-order valence-electron chi connectivity index (χ0n) is 14.7. The molecule has 2 heterocycles. The third-order valence-corrected chi connectivity index (χ3v) is 5.77. The fourth-order valence-electron chi connectivity index (χ4n) is 3.10. The molecule has 26 heavy (non-hydrogen) atoms. The van der Waals surface area contributed by atoms with Gasteiger partial charge in [-0.1, -0.05) is 18.2 Å². The van der Waals surface area contributed by atoms with Crippen LogP contribution in [0.1, 0.15) is 29.0 Å². The summed E-state index contributed by atoms with van der Waals surface area (Å²) in [7, 11) is 0. The number of thiazole rings is 1. The molecule has 0 bridgehead atoms. The van der Waals surface area contributed by atoms with Crippen molar-refractivity contribution in [3.05, 3.63) is 40.4 Å². The van der Waals surface area contributed by atoms with Gasteiger partial charge in [-0.2, -0.15) is 0 Å². The second kappa shape index (κ2) is 7.17. The van der Waals surface area contributed by atoms with Gasteiger partial charge in [-0.05, 0) is 31.4 Å². The average molecular weight is 370 g/mol. The van der Waals surface area contributed by atoms with E-state index in [4.69, 9.17) is 0 Å². The number of carbonyl (C=O) groups excluding carboxylic acids is 2. The lowest BCUT2D eigenvalue weighted by atomic mass is 10.1. The molecule has 7 heteroatoms. The first-order valence-electron chi connectivity index (χ1n) is 8.96. The Morgan fingerprint density at radius 2 is 2.08 bits per heavy atom. The molecule has 1 aliphatic carbocycles. The number of nitrogens with one attached hydrogen (secondary N) is 2. The third-order valence-electron chi connectivity index (χ3n) is 4.77. The topological polar surface area (TPSA) is 74.3 Å². The zero-order valence-corrected chi connectivity index (χ0v) is 15.6. The van der Waals surface area contributed by atoms with Crippen molar-refractivity contribution in [1.29, 1.82) is 0 Å². The lowest BCUT2D eigenvalue weighted by Gasteiger charge is -2.25. The van der Waals surface area contributed by atoms with Crippen LogP contribution in [0.25, 0.3) is 0 Å². The number of benzene rings is 1. The largest absolute Gasteiger partial charge is 0.325 e. The highest BCUT2D eigenvalue weighted by Gasteiger charge is 2.31. The molecule has 1 aromatic carbocycles. The summed E-state index contributed by atoms with van der Waals surface area (Å²) in [5.41, 5.74) is 2.97. The number of hydrogen-bond donors (Lipinski definition) is 2. The predicted octanol–water partition coefficient (Wildman–Crippen LogP) is 2.80. The van der Waals surface area contributed by atoms with Crippen molar-refractivity contribution < 1.29 is 9.59 Å². The van der Waals surface area contributed by atoms with Gasteiger partial charge in [0.05, 0.1) is 12.2 Å². The summed E-state index contributed by atoms with van der Waals surface area (Å²) in [6.07, 6.45) is 2.78. The van der Waals surface area contributed by atoms with Gasteiger partial charge in [-0.3, -0.25) is 14.5 Å². The van der Waals surface area contributed by atoms with Crippen LogP contribution in [-0.2, 0) is 22.6 Å². The number of para-hydroxylation sites is 1. The van der Waals surface area contributed by atoms with Gasteiger partial charge in [0.15, 0.2) is 5.13 Å². The maximum Gasteiger partial charge on any atom is 0.238 e. The van der Waals surface area contributed by atoms with Crippen molar-refractivity contribution in [3.8, 4) is 0 Å². The quantitative estimate of drug-likeness (QED) is 0.849. The number of nitrogens with zero attached hydrogens (tertiary/aromatic N) is 2. The fraction of sp³-hybridized carbons (Fsp3) is 0.421. The molecule has 0 radical (unpaired) electrons. The van der Waals surface area contributed by atoms with Crippen LogP contribution >= 0.6 is 11.3 Å². The van der Waals surface area contributed by atoms with Gasteiger partial charge in [0.25, 0.3) is 0 Å². The van der Waals surface area contributed by atoms with Crippen LogP contribution in [0.5, 0.6) is 0 Å². The molecule has 0 atom stereocenters. The molecule has 1 aromatic heterocycles. The number of amides is 2. The minimum absolute atomic E-state index is 0.00507. The summed E-state index contributed by atoms with van der Waals surface area (Å²) in [4.78, 5) is 32.1. The molecular weight excluding hydrogens is 348 g/mol. The Hall–Kier alpha value is -2.25. The molecule has 1 fully saturated rings. The van der Waals surface area contributed by atoms with E-state index in [0.717, 1.165) is 47.6 Å². The zero-order chi connectivity index (χ0) is 18.1. The minimum atomic E-state index is -0.00507. The molecular formula is C19H22N4O2S. The van der Waals surface area contributed by atoms with E-state index in [1.54, 1.807) is 0 Å². The lowest BCUT2D eigenvalue weighted by molar-refractivity contribution is -0.118. The standard InChI is InChI=1S/C19H22N4O2S/c1-12-4-2-3-5-14(12)20-17(24)11-23-9-8-15-16(10-23)26-19(21-15)22-18(25)13-6-7-13/h2-5,13H,6-11H2,1H3,(H,20,24)(H,21,22,25). The molecule has 2 aromatic rings. The molecule has 0 saturated heterocycles. The summed E-state index contributed by atoms with van der Waals surface area (Å²) in [6, 6.07) is 7.78. The van der Waals surface area contributed by atoms with Crippen LogP contribution in [0.4, 0.5) is 10.8 Å². The Kier molecular flexibility index (Phi) is 4.74. The van der Waals surface area contributed by atoms with Crippen molar-refractivity contribution >= 4 is 34.0 Å². The van der Waals surface area contributed by atoms with E-state index in [1.165, 1.54) is 11.3 Å². The van der Waals surface area contributed by atoms with Gasteiger partial charge < -0.3 is 10.6 Å². The smallest absolute Gasteiger partial charge is 0.238 e. The van der Waals surface area contributed by atoms with Gasteiger partial charge in [0.2, 0.25) is 11.8 Å². The normalized spacial score (nSPS) is 16.8. The first-order chi connectivity index (χ1) is 12.6. The van der Waals surface area contributed by atoms with E-state index in [9.17, 15) is 9.59 Å². The summed E-state index contributed by atoms with van der Waals surface area (Å²) < 4.78 is 0. The number of rotatable bonds is 5. The number of aryl methyl sites for hydroxylation is 1. The Labute approximate surface area is 156 Å². The average Bonchev–Trinajstić information content (AvgIpc) is 3.38. The van der Waals surface area contributed by atoms with Crippen molar-refractivity contribution in [3.63, 3.8) is 0 Å². The number of carbonyl (C=O) groups is 2. The molecule has 4 rings (SSSR count). The predicted molar refractivity (Wildman–Crippen MR) is 102 cm³/mol. The molecule has 2 aliphatic rings. The van der Waals surface area contributed by atoms with Crippen molar-refractivity contribution in [2.75, 3.05) is 23.7 Å². The molecule has 1 aliphatic heterocycles. The van der Waals surface area contributed by atoms with Gasteiger partial charge in [0.1, 0.15) is 0 Å². The molecule has 136 valence electrons. The summed E-state index contributed by atoms with van der Waals surface area (Å²) in [5.74, 6) is 0.262. The number of hydrogen-bond acceptors (Lipinski definition) is 5. The molecule has 1 saturated carbocycles. The van der Waals surface area contributed by atoms with Gasteiger partial charge >= 0.3 is 0 Å². The monoisotopic (exact) mass is 370 g/mol. The minimum Gasteiger partial charge on any atom is -0.325 e. The van der Waals surface area contributed by atoms with Crippen LogP contribution < -0.4 is 10.6 Å². The molecule has 0 unspecified atom stereocenters. The molecule has 0 spiro atoms. The van der Waals surface area contributed by atoms with Crippen LogP contribution in [0.15, 0.2) is 24.3 Å². The summed E-state index contributed by atoms with van der Waals surface area (Å²) >= 11 is 1.53. The van der Waals surface area contributed by atoms with Crippen LogP contribution in [0.3, 0.4) is 0 Å². The Morgan fingerprint density at radius 1 is 1.27 bits per heavy atom. The van der Waals surface area contributed by atoms with E-state index in [1.807, 2.05) is 31.2 Å². The number of anilines is 2. The van der Waals surface area contributed by atoms with Crippen molar-refractivity contribution in [2.45, 2.75) is 32.7 Å². The van der Waals surface area contributed by atoms with E-state index >= 15 is 0 Å². The maximum absolute atomic E-state index is 12.4. The van der Waals surface area contributed by atoms with E-state index < -0.39 is 0 Å². The van der Waals surface area contributed by atoms with Crippen molar-refractivity contribution in [1.82, 2.24) is 9.88 Å². The summed E-state index contributed by atoms with van der Waals surface area (Å²) in [6.45, 7) is 3.84. The first-order valence-corrected chi connectivity index (χ1v) is 9.77. The second-order valence-corrected chi connectivity index (χ2v) is 8.06. The highest BCUT2D eigenvalue weighted by atomic mass is 32.1. The van der Waals surface area contributed by atoms with Crippen molar-refractivity contribution in [2.24, 2.45) is 5.92 Å². The van der Waals surface area contributed by atoms with Gasteiger partial charge in [0, 0.05) is 36.0 Å².